The first-order chi connectivity index (χ1) is 47.5. The highest BCUT2D eigenvalue weighted by Crippen LogP contribution is 2.45. The molecule has 0 saturated carbocycles. The van der Waals surface area contributed by atoms with Crippen molar-refractivity contribution >= 4 is 39.5 Å². The number of hydrogen-bond donors (Lipinski definition) is 3. The molecule has 0 aliphatic rings. The van der Waals surface area contributed by atoms with Crippen LogP contribution in [0.5, 0.6) is 0 Å². The van der Waals surface area contributed by atoms with Crippen molar-refractivity contribution < 1.29 is 80.2 Å². The van der Waals surface area contributed by atoms with Crippen molar-refractivity contribution in [2.45, 2.75) is 438 Å². The summed E-state index contributed by atoms with van der Waals surface area (Å²) in [6.45, 7) is 7.32. The summed E-state index contributed by atoms with van der Waals surface area (Å²) >= 11 is 0. The first kappa shape index (κ1) is 96.1. The number of esters is 4. The number of aliphatic hydroxyl groups is 1. The zero-order valence-corrected chi connectivity index (χ0v) is 65.7. The number of unbranched alkanes of at least 4 members (excludes halogenated alkanes) is 51. The number of aliphatic hydroxyl groups excluding tert-OH is 1. The van der Waals surface area contributed by atoms with E-state index in [-0.39, 0.29) is 25.7 Å². The van der Waals surface area contributed by atoms with Gasteiger partial charge in [0.15, 0.2) is 12.2 Å². The van der Waals surface area contributed by atoms with E-state index in [1.54, 1.807) is 0 Å². The van der Waals surface area contributed by atoms with E-state index in [4.69, 9.17) is 37.0 Å². The van der Waals surface area contributed by atoms with Crippen LogP contribution in [0.15, 0.2) is 0 Å². The minimum Gasteiger partial charge on any atom is -0.462 e. The van der Waals surface area contributed by atoms with Crippen LogP contribution in [0.2, 0.25) is 0 Å². The first-order valence-electron chi connectivity index (χ1n) is 41.1. The summed E-state index contributed by atoms with van der Waals surface area (Å²) in [6.07, 6.45) is 62.6. The second-order valence-electron chi connectivity index (χ2n) is 28.9. The van der Waals surface area contributed by atoms with Gasteiger partial charge in [-0.1, -0.05) is 369 Å². The van der Waals surface area contributed by atoms with Crippen molar-refractivity contribution in [3.05, 3.63) is 0 Å². The standard InChI is InChI=1S/C79H154O17P2/c1-6-9-12-15-18-20-22-24-30-35-39-43-48-53-58-63-77(82)90-69-75(96-79(84)65-60-55-50-45-41-37-33-29-27-26-28-32-34-38-42-47-51-56-61-72(4)5)71-94-98(87,88)92-67-73(80)66-91-97(85,86)93-70-74(68-89-76(81)62-57-52-46-17-14-11-8-3)95-78(83)64-59-54-49-44-40-36-31-25-23-21-19-16-13-10-7-2/h72-75,80H,6-71H2,1-5H3,(H,85,86)(H,87,88)/t73-,74+,75+/m0/s1. The van der Waals surface area contributed by atoms with Gasteiger partial charge in [0, 0.05) is 25.7 Å². The number of carbonyl (C=O) groups is 4. The minimum atomic E-state index is -4.96. The number of hydrogen-bond acceptors (Lipinski definition) is 15. The van der Waals surface area contributed by atoms with Crippen LogP contribution in [0.1, 0.15) is 420 Å². The molecule has 0 saturated heterocycles. The fraction of sp³-hybridized carbons (Fsp3) is 0.949. The Morgan fingerprint density at radius 1 is 0.276 bits per heavy atom. The molecule has 0 aliphatic heterocycles. The Hall–Kier alpha value is -1.94. The Morgan fingerprint density at radius 2 is 0.469 bits per heavy atom. The number of carbonyl (C=O) groups excluding carboxylic acids is 4. The highest BCUT2D eigenvalue weighted by Gasteiger charge is 2.30. The molecule has 0 aromatic heterocycles. The second-order valence-corrected chi connectivity index (χ2v) is 31.8. The van der Waals surface area contributed by atoms with Crippen LogP contribution >= 0.6 is 15.6 Å². The molecule has 0 aliphatic carbocycles. The number of rotatable bonds is 79. The lowest BCUT2D eigenvalue weighted by molar-refractivity contribution is -0.161. The minimum absolute atomic E-state index is 0.108. The molecule has 3 N–H and O–H groups in total. The number of ether oxygens (including phenoxy) is 4. The molecular formula is C79H154O17P2. The molecule has 0 spiro atoms. The van der Waals surface area contributed by atoms with E-state index in [0.29, 0.717) is 25.7 Å². The lowest BCUT2D eigenvalue weighted by Gasteiger charge is -2.21. The van der Waals surface area contributed by atoms with Crippen molar-refractivity contribution in [2.24, 2.45) is 5.92 Å². The van der Waals surface area contributed by atoms with Gasteiger partial charge in [-0.05, 0) is 31.6 Å². The average Bonchev–Trinajstić information content (AvgIpc) is 1.03. The topological polar surface area (TPSA) is 237 Å². The average molecular weight is 1440 g/mol. The second kappa shape index (κ2) is 72.0. The molecule has 0 bridgehead atoms. The van der Waals surface area contributed by atoms with E-state index in [1.165, 1.54) is 231 Å². The summed E-state index contributed by atoms with van der Waals surface area (Å²) in [7, 11) is -9.91. The van der Waals surface area contributed by atoms with Crippen LogP contribution in [0.4, 0.5) is 0 Å². The Bertz CT molecular complexity index is 1870. The van der Waals surface area contributed by atoms with Crippen LogP contribution in [0, 0.1) is 5.92 Å². The maximum Gasteiger partial charge on any atom is 0.472 e. The van der Waals surface area contributed by atoms with Crippen LogP contribution in [0.3, 0.4) is 0 Å². The van der Waals surface area contributed by atoms with Gasteiger partial charge in [0.05, 0.1) is 26.4 Å². The Balaban J connectivity index is 5.16. The van der Waals surface area contributed by atoms with Crippen molar-refractivity contribution in [2.75, 3.05) is 39.6 Å². The predicted molar refractivity (Wildman–Crippen MR) is 400 cm³/mol. The van der Waals surface area contributed by atoms with Gasteiger partial charge in [0.1, 0.15) is 19.3 Å². The Kier molecular flexibility index (Phi) is 70.6. The molecule has 0 aromatic rings. The smallest absolute Gasteiger partial charge is 0.462 e. The van der Waals surface area contributed by atoms with Gasteiger partial charge in [0.25, 0.3) is 0 Å². The van der Waals surface area contributed by atoms with Gasteiger partial charge < -0.3 is 33.8 Å². The van der Waals surface area contributed by atoms with Crippen molar-refractivity contribution in [3.63, 3.8) is 0 Å². The molecule has 582 valence electrons. The van der Waals surface area contributed by atoms with Gasteiger partial charge >= 0.3 is 39.5 Å². The highest BCUT2D eigenvalue weighted by molar-refractivity contribution is 7.47. The van der Waals surface area contributed by atoms with Gasteiger partial charge in [-0.15, -0.1) is 0 Å². The summed E-state index contributed by atoms with van der Waals surface area (Å²) < 4.78 is 68.5. The molecule has 2 unspecified atom stereocenters. The van der Waals surface area contributed by atoms with E-state index in [9.17, 15) is 43.2 Å². The van der Waals surface area contributed by atoms with Crippen LogP contribution in [0.25, 0.3) is 0 Å². The molecule has 0 radical (unpaired) electrons. The highest BCUT2D eigenvalue weighted by atomic mass is 31.2. The molecule has 0 rings (SSSR count). The van der Waals surface area contributed by atoms with Gasteiger partial charge in [-0.25, -0.2) is 9.13 Å². The normalized spacial score (nSPS) is 13.9. The maximum absolute atomic E-state index is 13.1. The Morgan fingerprint density at radius 3 is 0.694 bits per heavy atom. The molecule has 5 atom stereocenters. The summed E-state index contributed by atoms with van der Waals surface area (Å²) in [5.41, 5.74) is 0. The van der Waals surface area contributed by atoms with Gasteiger partial charge in [-0.2, -0.15) is 0 Å². The van der Waals surface area contributed by atoms with E-state index < -0.39 is 97.5 Å². The SMILES string of the molecule is CCCCCCCCCCCCCCCCCC(=O)OC[C@H](COP(=O)(O)OC[C@@H](O)COP(=O)(O)OC[C@@H](COC(=O)CCCCCCCCC)OC(=O)CCCCCCCCCCCCCCCCC)OC(=O)CCCCCCCCCCCCCCCCCCCCC(C)C. The van der Waals surface area contributed by atoms with Crippen molar-refractivity contribution in [1.29, 1.82) is 0 Å². The third-order valence-electron chi connectivity index (χ3n) is 18.5. The van der Waals surface area contributed by atoms with E-state index in [0.717, 1.165) is 109 Å². The molecule has 19 heteroatoms. The summed E-state index contributed by atoms with van der Waals surface area (Å²) in [5, 5.41) is 10.6. The molecule has 0 fully saturated rings. The quantitative estimate of drug-likeness (QED) is 0.0222. The van der Waals surface area contributed by atoms with Crippen LogP contribution in [-0.4, -0.2) is 96.7 Å². The largest absolute Gasteiger partial charge is 0.472 e. The lowest BCUT2D eigenvalue weighted by atomic mass is 10.0. The molecule has 0 aromatic carbocycles. The maximum atomic E-state index is 13.1. The van der Waals surface area contributed by atoms with Crippen LogP contribution in [-0.2, 0) is 65.4 Å². The molecular weight excluding hydrogens is 1280 g/mol. The zero-order chi connectivity index (χ0) is 71.9. The lowest BCUT2D eigenvalue weighted by Crippen LogP contribution is -2.30. The third-order valence-corrected chi connectivity index (χ3v) is 20.4. The monoisotopic (exact) mass is 1440 g/mol. The molecule has 0 amide bonds. The van der Waals surface area contributed by atoms with Crippen molar-refractivity contribution in [3.8, 4) is 0 Å². The van der Waals surface area contributed by atoms with Crippen LogP contribution < -0.4 is 0 Å². The third kappa shape index (κ3) is 72.4. The fourth-order valence-electron chi connectivity index (χ4n) is 12.2. The number of phosphoric acid groups is 2. The number of phosphoric ester groups is 2. The molecule has 17 nitrogen and oxygen atoms in total. The van der Waals surface area contributed by atoms with Gasteiger partial charge in [-0.3, -0.25) is 37.3 Å². The summed E-state index contributed by atoms with van der Waals surface area (Å²) in [4.78, 5) is 72.8. The zero-order valence-electron chi connectivity index (χ0n) is 63.9. The summed E-state index contributed by atoms with van der Waals surface area (Å²) in [6, 6.07) is 0. The first-order valence-corrected chi connectivity index (χ1v) is 44.1. The van der Waals surface area contributed by atoms with E-state index in [1.807, 2.05) is 0 Å². The fourth-order valence-corrected chi connectivity index (χ4v) is 13.8. The van der Waals surface area contributed by atoms with E-state index in [2.05, 4.69) is 34.6 Å². The summed E-state index contributed by atoms with van der Waals surface area (Å²) in [5.74, 6) is -1.29. The van der Waals surface area contributed by atoms with Crippen molar-refractivity contribution in [1.82, 2.24) is 0 Å². The molecule has 98 heavy (non-hydrogen) atoms. The molecule has 0 heterocycles. The van der Waals surface area contributed by atoms with E-state index >= 15 is 0 Å². The predicted octanol–water partition coefficient (Wildman–Crippen LogP) is 23.6. The van der Waals surface area contributed by atoms with Gasteiger partial charge in [0.2, 0.25) is 0 Å². The Labute approximate surface area is 600 Å².